The zero-order chi connectivity index (χ0) is 18.7. The van der Waals surface area contributed by atoms with E-state index in [0.717, 1.165) is 31.1 Å². The number of carbonyl (C=O) groups is 1. The van der Waals surface area contributed by atoms with Crippen molar-refractivity contribution in [2.75, 3.05) is 6.54 Å². The fourth-order valence-corrected chi connectivity index (χ4v) is 3.69. The summed E-state index contributed by atoms with van der Waals surface area (Å²) >= 11 is 1.14. The first-order chi connectivity index (χ1) is 12.5. The van der Waals surface area contributed by atoms with E-state index in [0.29, 0.717) is 10.1 Å². The molecule has 0 bridgehead atoms. The lowest BCUT2D eigenvalue weighted by atomic mass is 9.99. The topological polar surface area (TPSA) is 115 Å². The first kappa shape index (κ1) is 18.3. The average molecular weight is 376 g/mol. The number of carbonyl (C=O) groups excluding carboxylic acids is 1. The van der Waals surface area contributed by atoms with Gasteiger partial charge < -0.3 is 15.2 Å². The van der Waals surface area contributed by atoms with Crippen LogP contribution in [-0.2, 0) is 7.05 Å². The number of rotatable bonds is 5. The maximum Gasteiger partial charge on any atom is 0.284 e. The fraction of sp³-hybridized carbons (Fsp3) is 0.438. The Morgan fingerprint density at radius 1 is 1.50 bits per heavy atom. The second-order valence-electron chi connectivity index (χ2n) is 6.23. The first-order valence-electron chi connectivity index (χ1n) is 8.30. The SMILES string of the molecule is CC1NCCCC1NC(=O)c1ccc(Sc2nncn2C)c([N+](=O)[O-])c1. The van der Waals surface area contributed by atoms with Crippen LogP contribution in [0.25, 0.3) is 0 Å². The molecule has 2 N–H and O–H groups in total. The van der Waals surface area contributed by atoms with Crippen molar-refractivity contribution in [1.29, 1.82) is 0 Å². The van der Waals surface area contributed by atoms with Gasteiger partial charge in [0, 0.05) is 30.8 Å². The molecule has 10 heteroatoms. The third-order valence-electron chi connectivity index (χ3n) is 4.37. The summed E-state index contributed by atoms with van der Waals surface area (Å²) in [7, 11) is 1.76. The highest BCUT2D eigenvalue weighted by molar-refractivity contribution is 7.99. The van der Waals surface area contributed by atoms with Crippen molar-refractivity contribution in [3.63, 3.8) is 0 Å². The van der Waals surface area contributed by atoms with E-state index in [1.807, 2.05) is 6.92 Å². The van der Waals surface area contributed by atoms with Crippen molar-refractivity contribution in [2.24, 2.45) is 7.05 Å². The van der Waals surface area contributed by atoms with E-state index in [9.17, 15) is 14.9 Å². The molecule has 9 nitrogen and oxygen atoms in total. The van der Waals surface area contributed by atoms with E-state index in [4.69, 9.17) is 0 Å². The van der Waals surface area contributed by atoms with Gasteiger partial charge in [-0.1, -0.05) is 0 Å². The summed E-state index contributed by atoms with van der Waals surface area (Å²) < 4.78 is 1.67. The lowest BCUT2D eigenvalue weighted by Gasteiger charge is -2.30. The molecule has 2 aromatic rings. The molecule has 2 heterocycles. The van der Waals surface area contributed by atoms with Gasteiger partial charge in [-0.15, -0.1) is 10.2 Å². The Bertz CT molecular complexity index is 824. The van der Waals surface area contributed by atoms with E-state index in [2.05, 4.69) is 20.8 Å². The lowest BCUT2D eigenvalue weighted by molar-refractivity contribution is -0.387. The van der Waals surface area contributed by atoms with Crippen LogP contribution in [0, 0.1) is 10.1 Å². The van der Waals surface area contributed by atoms with Gasteiger partial charge in [-0.25, -0.2) is 0 Å². The predicted octanol–water partition coefficient (Wildman–Crippen LogP) is 1.74. The van der Waals surface area contributed by atoms with Gasteiger partial charge >= 0.3 is 0 Å². The Kier molecular flexibility index (Phi) is 5.52. The fourth-order valence-electron chi connectivity index (χ4n) is 2.84. The third-order valence-corrected chi connectivity index (χ3v) is 5.48. The summed E-state index contributed by atoms with van der Waals surface area (Å²) in [5.41, 5.74) is 0.150. The Balaban J connectivity index is 1.80. The van der Waals surface area contributed by atoms with Crippen LogP contribution in [0.4, 0.5) is 5.69 Å². The number of amides is 1. The van der Waals surface area contributed by atoms with E-state index in [-0.39, 0.29) is 29.2 Å². The molecule has 1 saturated heterocycles. The molecule has 2 unspecified atom stereocenters. The Morgan fingerprint density at radius 2 is 2.31 bits per heavy atom. The Morgan fingerprint density at radius 3 is 2.96 bits per heavy atom. The number of benzene rings is 1. The summed E-state index contributed by atoms with van der Waals surface area (Å²) in [6, 6.07) is 4.68. The van der Waals surface area contributed by atoms with Crippen LogP contribution in [0.2, 0.25) is 0 Å². The highest BCUT2D eigenvalue weighted by Crippen LogP contribution is 2.34. The molecule has 0 spiro atoms. The first-order valence-corrected chi connectivity index (χ1v) is 9.12. The minimum atomic E-state index is -0.486. The van der Waals surface area contributed by atoms with Gasteiger partial charge in [0.2, 0.25) is 0 Å². The van der Waals surface area contributed by atoms with Gasteiger partial charge in [0.05, 0.1) is 9.82 Å². The number of nitro groups is 1. The minimum Gasteiger partial charge on any atom is -0.348 e. The van der Waals surface area contributed by atoms with E-state index < -0.39 is 4.92 Å². The number of aryl methyl sites for hydroxylation is 1. The van der Waals surface area contributed by atoms with Crippen molar-refractivity contribution >= 4 is 23.4 Å². The van der Waals surface area contributed by atoms with Crippen LogP contribution >= 0.6 is 11.8 Å². The molecule has 1 fully saturated rings. The van der Waals surface area contributed by atoms with Crippen molar-refractivity contribution < 1.29 is 9.72 Å². The molecular formula is C16H20N6O3S. The van der Waals surface area contributed by atoms with Crippen LogP contribution in [0.3, 0.4) is 0 Å². The number of hydrogen-bond donors (Lipinski definition) is 2. The summed E-state index contributed by atoms with van der Waals surface area (Å²) in [6.07, 6.45) is 3.40. The molecule has 1 aromatic heterocycles. The van der Waals surface area contributed by atoms with Gasteiger partial charge in [0.25, 0.3) is 11.6 Å². The van der Waals surface area contributed by atoms with Gasteiger partial charge in [-0.05, 0) is 50.2 Å². The van der Waals surface area contributed by atoms with Crippen molar-refractivity contribution in [3.8, 4) is 0 Å². The monoisotopic (exact) mass is 376 g/mol. The maximum atomic E-state index is 12.5. The molecule has 0 saturated carbocycles. The zero-order valence-corrected chi connectivity index (χ0v) is 15.3. The number of piperidine rings is 1. The highest BCUT2D eigenvalue weighted by Gasteiger charge is 2.25. The number of nitrogens with zero attached hydrogens (tertiary/aromatic N) is 4. The minimum absolute atomic E-state index is 0.0167. The predicted molar refractivity (Wildman–Crippen MR) is 96.2 cm³/mol. The second kappa shape index (κ2) is 7.83. The molecule has 26 heavy (non-hydrogen) atoms. The van der Waals surface area contributed by atoms with Crippen LogP contribution in [0.15, 0.2) is 34.6 Å². The molecule has 138 valence electrons. The standard InChI is InChI=1S/C16H20N6O3S/c1-10-12(4-3-7-17-10)19-15(23)11-5-6-14(13(8-11)22(24)25)26-16-20-18-9-21(16)2/h5-6,8-10,12,17H,3-4,7H2,1-2H3,(H,19,23). The molecule has 1 aromatic carbocycles. The van der Waals surface area contributed by atoms with Gasteiger partial charge in [0.15, 0.2) is 5.16 Å². The number of nitrogens with one attached hydrogen (secondary N) is 2. The zero-order valence-electron chi connectivity index (χ0n) is 14.5. The summed E-state index contributed by atoms with van der Waals surface area (Å²) in [6.45, 7) is 2.96. The molecule has 0 radical (unpaired) electrons. The van der Waals surface area contributed by atoms with Gasteiger partial charge in [-0.3, -0.25) is 14.9 Å². The van der Waals surface area contributed by atoms with Crippen molar-refractivity contribution in [1.82, 2.24) is 25.4 Å². The van der Waals surface area contributed by atoms with Crippen LogP contribution in [0.5, 0.6) is 0 Å². The molecule has 1 aliphatic heterocycles. The second-order valence-corrected chi connectivity index (χ2v) is 7.24. The van der Waals surface area contributed by atoms with Gasteiger partial charge in [0.1, 0.15) is 6.33 Å². The van der Waals surface area contributed by atoms with Gasteiger partial charge in [-0.2, -0.15) is 0 Å². The summed E-state index contributed by atoms with van der Waals surface area (Å²) in [5.74, 6) is -0.302. The smallest absolute Gasteiger partial charge is 0.284 e. The third kappa shape index (κ3) is 4.02. The Labute approximate surface area is 154 Å². The molecule has 1 amide bonds. The van der Waals surface area contributed by atoms with Crippen molar-refractivity contribution in [2.45, 2.75) is 41.9 Å². The number of aromatic nitrogens is 3. The number of hydrogen-bond acceptors (Lipinski definition) is 7. The summed E-state index contributed by atoms with van der Waals surface area (Å²) in [4.78, 5) is 23.9. The highest BCUT2D eigenvalue weighted by atomic mass is 32.2. The molecule has 3 rings (SSSR count). The van der Waals surface area contributed by atoms with E-state index >= 15 is 0 Å². The van der Waals surface area contributed by atoms with Crippen molar-refractivity contribution in [3.05, 3.63) is 40.2 Å². The van der Waals surface area contributed by atoms with E-state index in [1.165, 1.54) is 12.4 Å². The molecule has 0 aliphatic carbocycles. The van der Waals surface area contributed by atoms with E-state index in [1.54, 1.807) is 23.7 Å². The normalized spacial score (nSPS) is 19.9. The molecule has 1 aliphatic rings. The maximum absolute atomic E-state index is 12.5. The van der Waals surface area contributed by atoms with Crippen LogP contribution < -0.4 is 10.6 Å². The van der Waals surface area contributed by atoms with Crippen LogP contribution in [0.1, 0.15) is 30.1 Å². The largest absolute Gasteiger partial charge is 0.348 e. The average Bonchev–Trinajstić information content (AvgIpc) is 3.02. The Hall–Kier alpha value is -2.46. The molecular weight excluding hydrogens is 356 g/mol. The van der Waals surface area contributed by atoms with Crippen LogP contribution in [-0.4, -0.2) is 44.2 Å². The number of nitro benzene ring substituents is 1. The summed E-state index contributed by atoms with van der Waals surface area (Å²) in [5, 5.41) is 26.0. The quantitative estimate of drug-likeness (QED) is 0.603. The molecule has 2 atom stereocenters. The lowest BCUT2D eigenvalue weighted by Crippen LogP contribution is -2.51.